The van der Waals surface area contributed by atoms with Crippen LogP contribution in [0, 0.1) is 11.3 Å². The molecule has 0 aromatic rings. The summed E-state index contributed by atoms with van der Waals surface area (Å²) >= 11 is 0. The highest BCUT2D eigenvalue weighted by Crippen LogP contribution is 2.08. The third-order valence-corrected chi connectivity index (χ3v) is 1.54. The van der Waals surface area contributed by atoms with Crippen molar-refractivity contribution in [3.05, 3.63) is 0 Å². The first kappa shape index (κ1) is 9.43. The normalized spacial score (nSPS) is 12.7. The van der Waals surface area contributed by atoms with Gasteiger partial charge in [-0.05, 0) is 6.42 Å². The second-order valence-electron chi connectivity index (χ2n) is 2.50. The molecule has 0 amide bonds. The molecule has 0 saturated heterocycles. The van der Waals surface area contributed by atoms with E-state index in [0.717, 1.165) is 19.3 Å². The summed E-state index contributed by atoms with van der Waals surface area (Å²) in [5.74, 6) is 0.0124. The minimum absolute atomic E-state index is 0.0338. The predicted octanol–water partition coefficient (Wildman–Crippen LogP) is 2.28. The molecule has 1 atom stereocenters. The summed E-state index contributed by atoms with van der Waals surface area (Å²) in [5.41, 5.74) is 0. The Morgan fingerprint density at radius 2 is 2.30 bits per heavy atom. The maximum atomic E-state index is 8.08. The van der Waals surface area contributed by atoms with Crippen LogP contribution in [0.15, 0.2) is 0 Å². The van der Waals surface area contributed by atoms with Crippen LogP contribution in [0.5, 0.6) is 0 Å². The summed E-state index contributed by atoms with van der Waals surface area (Å²) in [5, 5.41) is 15.1. The minimum atomic E-state index is -0.0338. The lowest BCUT2D eigenvalue weighted by atomic mass is 10.1. The van der Waals surface area contributed by atoms with Crippen molar-refractivity contribution in [1.29, 1.82) is 5.41 Å². The van der Waals surface area contributed by atoms with Crippen molar-refractivity contribution in [2.24, 2.45) is 5.92 Å². The standard InChI is InChI=1S/C7H15NO2/c1-3-4-5-6(2)7(8)10-9/h6,8-9H,3-5H2,1-2H3. The highest BCUT2D eigenvalue weighted by molar-refractivity contribution is 5.74. The van der Waals surface area contributed by atoms with E-state index in [4.69, 9.17) is 10.7 Å². The highest BCUT2D eigenvalue weighted by Gasteiger charge is 2.08. The molecule has 10 heavy (non-hydrogen) atoms. The molecule has 0 saturated carbocycles. The molecule has 3 nitrogen and oxygen atoms in total. The lowest BCUT2D eigenvalue weighted by Crippen LogP contribution is -2.11. The van der Waals surface area contributed by atoms with Gasteiger partial charge in [-0.1, -0.05) is 26.7 Å². The van der Waals surface area contributed by atoms with Gasteiger partial charge in [0.2, 0.25) is 5.90 Å². The van der Waals surface area contributed by atoms with Crippen LogP contribution in [-0.2, 0) is 4.89 Å². The zero-order chi connectivity index (χ0) is 7.98. The molecule has 0 heterocycles. The molecular weight excluding hydrogens is 130 g/mol. The summed E-state index contributed by atoms with van der Waals surface area (Å²) < 4.78 is 0. The Morgan fingerprint density at radius 1 is 1.70 bits per heavy atom. The van der Waals surface area contributed by atoms with E-state index in [9.17, 15) is 0 Å². The van der Waals surface area contributed by atoms with Crippen molar-refractivity contribution in [2.45, 2.75) is 33.1 Å². The van der Waals surface area contributed by atoms with Crippen molar-refractivity contribution < 1.29 is 10.1 Å². The zero-order valence-electron chi connectivity index (χ0n) is 6.55. The molecule has 0 aromatic heterocycles. The molecule has 1 unspecified atom stereocenters. The monoisotopic (exact) mass is 145 g/mol. The van der Waals surface area contributed by atoms with Crippen LogP contribution in [-0.4, -0.2) is 11.2 Å². The van der Waals surface area contributed by atoms with Crippen molar-refractivity contribution in [2.75, 3.05) is 0 Å². The molecule has 0 aliphatic carbocycles. The van der Waals surface area contributed by atoms with Crippen LogP contribution in [0.1, 0.15) is 33.1 Å². The van der Waals surface area contributed by atoms with E-state index < -0.39 is 0 Å². The second kappa shape index (κ2) is 5.23. The molecule has 0 spiro atoms. The first-order chi connectivity index (χ1) is 4.72. The van der Waals surface area contributed by atoms with Crippen molar-refractivity contribution in [3.63, 3.8) is 0 Å². The lowest BCUT2D eigenvalue weighted by Gasteiger charge is -2.07. The lowest BCUT2D eigenvalue weighted by molar-refractivity contribution is -0.161. The fraction of sp³-hybridized carbons (Fsp3) is 0.857. The summed E-state index contributed by atoms with van der Waals surface area (Å²) in [6.45, 7) is 3.96. The second-order valence-corrected chi connectivity index (χ2v) is 2.50. The summed E-state index contributed by atoms with van der Waals surface area (Å²) in [4.78, 5) is 3.79. The average molecular weight is 145 g/mol. The molecule has 0 bridgehead atoms. The van der Waals surface area contributed by atoms with Gasteiger partial charge in [-0.2, -0.15) is 0 Å². The van der Waals surface area contributed by atoms with Crippen LogP contribution in [0.3, 0.4) is 0 Å². The Kier molecular flexibility index (Phi) is 4.94. The van der Waals surface area contributed by atoms with Gasteiger partial charge in [0, 0.05) is 5.92 Å². The van der Waals surface area contributed by atoms with E-state index in [1.807, 2.05) is 6.92 Å². The summed E-state index contributed by atoms with van der Waals surface area (Å²) in [6.07, 6.45) is 3.10. The van der Waals surface area contributed by atoms with Crippen LogP contribution >= 0.6 is 0 Å². The van der Waals surface area contributed by atoms with Crippen LogP contribution in [0.2, 0.25) is 0 Å². The first-order valence-electron chi connectivity index (χ1n) is 3.62. The molecule has 0 aliphatic heterocycles. The third-order valence-electron chi connectivity index (χ3n) is 1.54. The van der Waals surface area contributed by atoms with Gasteiger partial charge in [-0.15, -0.1) is 0 Å². The highest BCUT2D eigenvalue weighted by atomic mass is 17.1. The van der Waals surface area contributed by atoms with E-state index in [1.54, 1.807) is 0 Å². The van der Waals surface area contributed by atoms with Gasteiger partial charge in [0.1, 0.15) is 0 Å². The van der Waals surface area contributed by atoms with E-state index in [1.165, 1.54) is 0 Å². The Labute approximate surface area is 61.5 Å². The zero-order valence-corrected chi connectivity index (χ0v) is 6.55. The smallest absolute Gasteiger partial charge is 0.227 e. The van der Waals surface area contributed by atoms with E-state index in [0.29, 0.717) is 0 Å². The van der Waals surface area contributed by atoms with Gasteiger partial charge in [0.05, 0.1) is 0 Å². The van der Waals surface area contributed by atoms with E-state index in [2.05, 4.69) is 11.8 Å². The molecule has 0 aromatic carbocycles. The predicted molar refractivity (Wildman–Crippen MR) is 40.1 cm³/mol. The van der Waals surface area contributed by atoms with Crippen molar-refractivity contribution in [3.8, 4) is 0 Å². The minimum Gasteiger partial charge on any atom is -0.325 e. The maximum Gasteiger partial charge on any atom is 0.227 e. The van der Waals surface area contributed by atoms with Crippen LogP contribution < -0.4 is 0 Å². The van der Waals surface area contributed by atoms with Gasteiger partial charge in [0.25, 0.3) is 0 Å². The maximum absolute atomic E-state index is 8.08. The fourth-order valence-corrected chi connectivity index (χ4v) is 0.731. The number of hydrogen-bond acceptors (Lipinski definition) is 3. The van der Waals surface area contributed by atoms with E-state index >= 15 is 0 Å². The molecule has 3 heteroatoms. The van der Waals surface area contributed by atoms with Gasteiger partial charge < -0.3 is 4.89 Å². The number of nitrogens with one attached hydrogen (secondary N) is 1. The number of hydrogen-bond donors (Lipinski definition) is 2. The third kappa shape index (κ3) is 3.45. The topological polar surface area (TPSA) is 53.3 Å². The van der Waals surface area contributed by atoms with Gasteiger partial charge in [-0.3, -0.25) is 5.41 Å². The average Bonchev–Trinajstić information content (AvgIpc) is 1.98. The summed E-state index contributed by atoms with van der Waals surface area (Å²) in [7, 11) is 0. The van der Waals surface area contributed by atoms with Crippen LogP contribution in [0.25, 0.3) is 0 Å². The Hall–Kier alpha value is -0.570. The van der Waals surface area contributed by atoms with Gasteiger partial charge >= 0.3 is 0 Å². The van der Waals surface area contributed by atoms with Gasteiger partial charge in [-0.25, -0.2) is 5.26 Å². The molecule has 0 radical (unpaired) electrons. The Bertz CT molecular complexity index is 104. The molecule has 0 fully saturated rings. The molecular formula is C7H15NO2. The largest absolute Gasteiger partial charge is 0.325 e. The molecule has 0 rings (SSSR count). The summed E-state index contributed by atoms with van der Waals surface area (Å²) in [6, 6.07) is 0. The molecule has 60 valence electrons. The van der Waals surface area contributed by atoms with Gasteiger partial charge in [0.15, 0.2) is 0 Å². The number of rotatable bonds is 4. The van der Waals surface area contributed by atoms with Crippen molar-refractivity contribution in [1.82, 2.24) is 0 Å². The molecule has 0 aliphatic rings. The number of unbranched alkanes of at least 4 members (excludes halogenated alkanes) is 1. The van der Waals surface area contributed by atoms with Crippen molar-refractivity contribution >= 4 is 5.90 Å². The fourth-order valence-electron chi connectivity index (χ4n) is 0.731. The quantitative estimate of drug-likeness (QED) is 0.276. The van der Waals surface area contributed by atoms with E-state index in [-0.39, 0.29) is 11.8 Å². The first-order valence-corrected chi connectivity index (χ1v) is 3.62. The Morgan fingerprint density at radius 3 is 2.70 bits per heavy atom. The SMILES string of the molecule is CCCCC(C)C(=N)OO. The Balaban J connectivity index is 3.41. The molecule has 2 N–H and O–H groups in total. The van der Waals surface area contributed by atoms with Crippen LogP contribution in [0.4, 0.5) is 0 Å².